The number of nitrogens with one attached hydrogen (secondary N) is 3. The normalized spacial score (nSPS) is 18.8. The van der Waals surface area contributed by atoms with E-state index in [4.69, 9.17) is 0 Å². The van der Waals surface area contributed by atoms with E-state index in [0.717, 1.165) is 19.5 Å². The SMILES string of the molecule is CC1CNCCC1NC(=O)c1cccnc1Nc1ccccc1F.Cl.Cl. The second-order valence-corrected chi connectivity index (χ2v) is 6.05. The van der Waals surface area contributed by atoms with E-state index < -0.39 is 0 Å². The van der Waals surface area contributed by atoms with Crippen molar-refractivity contribution in [2.75, 3.05) is 18.4 Å². The van der Waals surface area contributed by atoms with Crippen molar-refractivity contribution < 1.29 is 9.18 Å². The van der Waals surface area contributed by atoms with E-state index in [0.29, 0.717) is 23.0 Å². The van der Waals surface area contributed by atoms with Crippen molar-refractivity contribution in [3.63, 3.8) is 0 Å². The minimum Gasteiger partial charge on any atom is -0.349 e. The number of nitrogens with zero attached hydrogens (tertiary/aromatic N) is 1. The van der Waals surface area contributed by atoms with Gasteiger partial charge >= 0.3 is 0 Å². The molecule has 8 heteroatoms. The van der Waals surface area contributed by atoms with Gasteiger partial charge in [-0.15, -0.1) is 24.8 Å². The highest BCUT2D eigenvalue weighted by atomic mass is 35.5. The maximum Gasteiger partial charge on any atom is 0.255 e. The van der Waals surface area contributed by atoms with Gasteiger partial charge in [0.15, 0.2) is 0 Å². The van der Waals surface area contributed by atoms with Gasteiger partial charge in [-0.05, 0) is 49.7 Å². The van der Waals surface area contributed by atoms with E-state index in [1.54, 1.807) is 36.5 Å². The number of carbonyl (C=O) groups excluding carboxylic acids is 1. The molecule has 1 saturated heterocycles. The van der Waals surface area contributed by atoms with Gasteiger partial charge in [0, 0.05) is 12.2 Å². The molecular formula is C18H23Cl2FN4O. The Balaban J connectivity index is 0.00000169. The zero-order valence-electron chi connectivity index (χ0n) is 14.4. The molecule has 3 N–H and O–H groups in total. The van der Waals surface area contributed by atoms with Crippen LogP contribution in [0.15, 0.2) is 42.6 Å². The van der Waals surface area contributed by atoms with Gasteiger partial charge in [-0.2, -0.15) is 0 Å². The smallest absolute Gasteiger partial charge is 0.255 e. The first kappa shape index (κ1) is 22.2. The predicted octanol–water partition coefficient (Wildman–Crippen LogP) is 3.54. The number of rotatable bonds is 4. The van der Waals surface area contributed by atoms with Crippen molar-refractivity contribution in [1.82, 2.24) is 15.6 Å². The number of pyridine rings is 1. The Kier molecular flexibility index (Phi) is 8.78. The summed E-state index contributed by atoms with van der Waals surface area (Å²) in [6.45, 7) is 3.89. The van der Waals surface area contributed by atoms with E-state index in [2.05, 4.69) is 27.9 Å². The molecule has 5 nitrogen and oxygen atoms in total. The number of anilines is 2. The number of hydrogen-bond acceptors (Lipinski definition) is 4. The van der Waals surface area contributed by atoms with Crippen LogP contribution < -0.4 is 16.0 Å². The molecular weight excluding hydrogens is 378 g/mol. The van der Waals surface area contributed by atoms with E-state index >= 15 is 0 Å². The Bertz CT molecular complexity index is 732. The molecule has 2 aromatic rings. The molecule has 0 aliphatic carbocycles. The molecule has 0 bridgehead atoms. The molecule has 2 unspecified atom stereocenters. The average molecular weight is 401 g/mol. The molecule has 3 rings (SSSR count). The molecule has 26 heavy (non-hydrogen) atoms. The lowest BCUT2D eigenvalue weighted by atomic mass is 9.95. The lowest BCUT2D eigenvalue weighted by Crippen LogP contribution is -2.48. The minimum absolute atomic E-state index is 0. The Hall–Kier alpha value is -1.89. The standard InChI is InChI=1S/C18H21FN4O.2ClH/c1-12-11-20-10-8-15(12)23-18(24)13-5-4-9-21-17(13)22-16-7-3-2-6-14(16)19;;/h2-7,9,12,15,20H,8,10-11H2,1H3,(H,21,22)(H,23,24);2*1H. The summed E-state index contributed by atoms with van der Waals surface area (Å²) in [5.41, 5.74) is 0.701. The fraction of sp³-hybridized carbons (Fsp3) is 0.333. The number of para-hydroxylation sites is 1. The van der Waals surface area contributed by atoms with Crippen molar-refractivity contribution in [2.45, 2.75) is 19.4 Å². The first-order chi connectivity index (χ1) is 11.6. The molecule has 142 valence electrons. The summed E-state index contributed by atoms with van der Waals surface area (Å²) in [5.74, 6) is 0.131. The van der Waals surface area contributed by atoms with Crippen LogP contribution in [0.1, 0.15) is 23.7 Å². The maximum atomic E-state index is 13.8. The van der Waals surface area contributed by atoms with Gasteiger partial charge in [-0.3, -0.25) is 4.79 Å². The molecule has 0 radical (unpaired) electrons. The summed E-state index contributed by atoms with van der Waals surface area (Å²) >= 11 is 0. The largest absolute Gasteiger partial charge is 0.349 e. The van der Waals surface area contributed by atoms with Crippen LogP contribution in [0.2, 0.25) is 0 Å². The van der Waals surface area contributed by atoms with Crippen LogP contribution in [0.25, 0.3) is 0 Å². The number of piperidine rings is 1. The lowest BCUT2D eigenvalue weighted by Gasteiger charge is -2.30. The molecule has 2 atom stereocenters. The lowest BCUT2D eigenvalue weighted by molar-refractivity contribution is 0.0915. The summed E-state index contributed by atoms with van der Waals surface area (Å²) < 4.78 is 13.8. The highest BCUT2D eigenvalue weighted by Gasteiger charge is 2.24. The topological polar surface area (TPSA) is 66.0 Å². The van der Waals surface area contributed by atoms with Gasteiger partial charge in [-0.25, -0.2) is 9.37 Å². The molecule has 2 heterocycles. The van der Waals surface area contributed by atoms with E-state index in [1.165, 1.54) is 6.07 Å². The third kappa shape index (κ3) is 5.30. The molecule has 1 aliphatic heterocycles. The summed E-state index contributed by atoms with van der Waals surface area (Å²) in [4.78, 5) is 16.8. The Labute approximate surface area is 165 Å². The quantitative estimate of drug-likeness (QED) is 0.734. The van der Waals surface area contributed by atoms with Crippen LogP contribution in [0.5, 0.6) is 0 Å². The fourth-order valence-electron chi connectivity index (χ4n) is 2.85. The van der Waals surface area contributed by atoms with Gasteiger partial charge in [0.1, 0.15) is 11.6 Å². The van der Waals surface area contributed by atoms with Crippen molar-refractivity contribution >= 4 is 42.2 Å². The number of amides is 1. The second kappa shape index (κ2) is 10.3. The molecule has 0 spiro atoms. The minimum atomic E-state index is -0.388. The van der Waals surface area contributed by atoms with Gasteiger partial charge in [0.25, 0.3) is 5.91 Å². The number of aromatic nitrogens is 1. The molecule has 1 aromatic carbocycles. The number of halogens is 3. The van der Waals surface area contributed by atoms with E-state index in [1.807, 2.05) is 0 Å². The van der Waals surface area contributed by atoms with Crippen molar-refractivity contribution in [2.24, 2.45) is 5.92 Å². The first-order valence-corrected chi connectivity index (χ1v) is 8.13. The van der Waals surface area contributed by atoms with Gasteiger partial charge in [-0.1, -0.05) is 19.1 Å². The van der Waals surface area contributed by atoms with Crippen molar-refractivity contribution in [3.05, 3.63) is 54.0 Å². The number of carbonyl (C=O) groups is 1. The number of benzene rings is 1. The van der Waals surface area contributed by atoms with Crippen LogP contribution in [0.4, 0.5) is 15.9 Å². The highest BCUT2D eigenvalue weighted by molar-refractivity contribution is 5.99. The molecule has 1 aromatic heterocycles. The van der Waals surface area contributed by atoms with Gasteiger partial charge in [0.2, 0.25) is 0 Å². The number of hydrogen-bond donors (Lipinski definition) is 3. The van der Waals surface area contributed by atoms with Crippen molar-refractivity contribution in [1.29, 1.82) is 0 Å². The molecule has 1 aliphatic rings. The van der Waals surface area contributed by atoms with Crippen LogP contribution in [0.3, 0.4) is 0 Å². The van der Waals surface area contributed by atoms with E-state index in [9.17, 15) is 9.18 Å². The Morgan fingerprint density at radius 3 is 2.73 bits per heavy atom. The third-order valence-corrected chi connectivity index (χ3v) is 4.28. The summed E-state index contributed by atoms with van der Waals surface area (Å²) in [6, 6.07) is 9.84. The zero-order valence-corrected chi connectivity index (χ0v) is 16.0. The summed E-state index contributed by atoms with van der Waals surface area (Å²) in [7, 11) is 0. The molecule has 1 amide bonds. The second-order valence-electron chi connectivity index (χ2n) is 6.05. The maximum absolute atomic E-state index is 13.8. The highest BCUT2D eigenvalue weighted by Crippen LogP contribution is 2.21. The summed E-state index contributed by atoms with van der Waals surface area (Å²) in [5, 5.41) is 9.29. The molecule has 1 fully saturated rings. The average Bonchev–Trinajstić information content (AvgIpc) is 2.59. The Morgan fingerprint density at radius 2 is 2.00 bits per heavy atom. The van der Waals surface area contributed by atoms with Gasteiger partial charge in [0.05, 0.1) is 11.3 Å². The Morgan fingerprint density at radius 1 is 1.23 bits per heavy atom. The first-order valence-electron chi connectivity index (χ1n) is 8.13. The fourth-order valence-corrected chi connectivity index (χ4v) is 2.85. The predicted molar refractivity (Wildman–Crippen MR) is 106 cm³/mol. The monoisotopic (exact) mass is 400 g/mol. The van der Waals surface area contributed by atoms with Crippen LogP contribution in [-0.4, -0.2) is 30.0 Å². The van der Waals surface area contributed by atoms with E-state index in [-0.39, 0.29) is 42.6 Å². The van der Waals surface area contributed by atoms with Crippen molar-refractivity contribution in [3.8, 4) is 0 Å². The molecule has 0 saturated carbocycles. The van der Waals surface area contributed by atoms with Crippen LogP contribution in [-0.2, 0) is 0 Å². The van der Waals surface area contributed by atoms with Crippen LogP contribution >= 0.6 is 24.8 Å². The summed E-state index contributed by atoms with van der Waals surface area (Å²) in [6.07, 6.45) is 2.47. The zero-order chi connectivity index (χ0) is 16.9. The van der Waals surface area contributed by atoms with Crippen LogP contribution in [0, 0.1) is 11.7 Å². The van der Waals surface area contributed by atoms with Gasteiger partial charge < -0.3 is 16.0 Å². The third-order valence-electron chi connectivity index (χ3n) is 4.28.